The Morgan fingerprint density at radius 2 is 1.50 bits per heavy atom. The number of urea groups is 1. The number of carbonyl (C=O) groups is 3. The summed E-state index contributed by atoms with van der Waals surface area (Å²) in [6.45, 7) is 7.78. The molecule has 1 unspecified atom stereocenters. The van der Waals surface area contributed by atoms with Crippen LogP contribution >= 0.6 is 0 Å². The van der Waals surface area contributed by atoms with E-state index in [9.17, 15) is 9.59 Å². The normalized spacial score (nSPS) is 11.9. The summed E-state index contributed by atoms with van der Waals surface area (Å²) in [6.07, 6.45) is 0. The quantitative estimate of drug-likeness (QED) is 0.456. The highest BCUT2D eigenvalue weighted by Crippen LogP contribution is 2.31. The molecule has 2 N–H and O–H groups in total. The first-order chi connectivity index (χ1) is 17.6. The van der Waals surface area contributed by atoms with Crippen molar-refractivity contribution in [3.8, 4) is 82.9 Å². The van der Waals surface area contributed by atoms with Crippen molar-refractivity contribution in [2.45, 2.75) is 26.8 Å². The Balaban J connectivity index is -0.0000000908. The number of nitrogens with one attached hydrogen (secondary N) is 2. The van der Waals surface area contributed by atoms with E-state index in [0.29, 0.717) is 17.7 Å². The average Bonchev–Trinajstić information content (AvgIpc) is 2.87. The van der Waals surface area contributed by atoms with E-state index in [4.69, 9.17) is 9.53 Å². The van der Waals surface area contributed by atoms with Crippen LogP contribution < -0.4 is 10.6 Å². The molecular formula is C30H44N2O4. The van der Waals surface area contributed by atoms with Crippen LogP contribution in [0.5, 0.6) is 0 Å². The molecule has 1 aliphatic heterocycles. The number of hydrogen-bond donors (Lipinski definition) is 2. The van der Waals surface area contributed by atoms with Crippen LogP contribution in [0.4, 0.5) is 4.79 Å². The summed E-state index contributed by atoms with van der Waals surface area (Å²) in [7, 11) is 0. The molecule has 0 saturated heterocycles. The maximum absolute atomic E-state index is 12.1. The highest BCUT2D eigenvalue weighted by molar-refractivity contribution is 5.79. The zero-order valence-electron chi connectivity index (χ0n) is 19.9. The molecule has 36 heavy (non-hydrogen) atoms. The van der Waals surface area contributed by atoms with Gasteiger partial charge in [0.2, 0.25) is 0 Å². The van der Waals surface area contributed by atoms with Crippen molar-refractivity contribution in [1.82, 2.24) is 10.6 Å². The number of hydrogen-bond acceptors (Lipinski definition) is 4. The molecule has 6 heteroatoms. The zero-order chi connectivity index (χ0) is 26.6. The second kappa shape index (κ2) is 16.9. The standard InChI is InChI=1S/C29H18N2O3.CH2O.12H2/c1-4-5-6-7-8-9-10-11-12-13-14-15-16-19-25-20-17-18-23(2)27(25)28-26(21-34-22-32)24(3)30-29(33)31-28;1-2;;;;;;;;;;;;/h17-18,20,22,28H,21H2,1-3H3,(H2,30,31,33);1H2;12*1H. The fourth-order valence-corrected chi connectivity index (χ4v) is 2.93. The molecule has 0 spiro atoms. The van der Waals surface area contributed by atoms with Crippen LogP contribution in [0, 0.1) is 89.8 Å². The van der Waals surface area contributed by atoms with Gasteiger partial charge in [0.05, 0.1) is 6.04 Å². The Hall–Kier alpha value is -5.71. The maximum Gasteiger partial charge on any atom is 0.319 e. The predicted molar refractivity (Wildman–Crippen MR) is 162 cm³/mol. The SMILES string of the molecule is C=O.CC#CC#CC#CC#CC#CC#CC#Cc1cccc(C)c1C1NC(=O)NC(C)=C1COC=O.[HH].[HH].[HH].[HH].[HH].[HH].[HH].[HH].[HH].[HH].[HH].[HH]. The first-order valence-electron chi connectivity index (χ1n) is 10.2. The third-order valence-corrected chi connectivity index (χ3v) is 4.34. The number of rotatable bonds is 4. The van der Waals surface area contributed by atoms with E-state index in [1.807, 2.05) is 31.9 Å². The molecule has 0 aliphatic carbocycles. The Bertz CT molecular complexity index is 1520. The first kappa shape index (κ1) is 28.3. The van der Waals surface area contributed by atoms with Crippen LogP contribution in [-0.2, 0) is 14.3 Å². The number of benzene rings is 1. The highest BCUT2D eigenvalue weighted by Gasteiger charge is 2.29. The largest absolute Gasteiger partial charge is 0.463 e. The number of ether oxygens (including phenoxy) is 1. The van der Waals surface area contributed by atoms with Gasteiger partial charge in [-0.15, -0.1) is 0 Å². The monoisotopic (exact) mass is 496 g/mol. The van der Waals surface area contributed by atoms with Crippen molar-refractivity contribution in [2.24, 2.45) is 0 Å². The Morgan fingerprint density at radius 1 is 0.944 bits per heavy atom. The fourth-order valence-electron chi connectivity index (χ4n) is 2.93. The zero-order valence-corrected chi connectivity index (χ0v) is 19.9. The van der Waals surface area contributed by atoms with Gasteiger partial charge in [-0.25, -0.2) is 4.79 Å². The molecule has 6 nitrogen and oxygen atoms in total. The van der Waals surface area contributed by atoms with Crippen LogP contribution in [0.1, 0.15) is 53.7 Å². The van der Waals surface area contributed by atoms with Crippen molar-refractivity contribution in [1.29, 1.82) is 0 Å². The summed E-state index contributed by atoms with van der Waals surface area (Å²) >= 11 is 0. The number of carbonyl (C=O) groups excluding carboxylic acids is 3. The second-order valence-electron chi connectivity index (χ2n) is 6.50. The second-order valence-corrected chi connectivity index (χ2v) is 6.50. The van der Waals surface area contributed by atoms with Gasteiger partial charge >= 0.3 is 6.03 Å². The van der Waals surface area contributed by atoms with Crippen LogP contribution in [0.3, 0.4) is 0 Å². The van der Waals surface area contributed by atoms with E-state index in [2.05, 4.69) is 93.5 Å². The third-order valence-electron chi connectivity index (χ3n) is 4.34. The van der Waals surface area contributed by atoms with Gasteiger partial charge in [0, 0.05) is 34.0 Å². The summed E-state index contributed by atoms with van der Waals surface area (Å²) in [6, 6.07) is 4.78. The van der Waals surface area contributed by atoms with E-state index >= 15 is 0 Å². The highest BCUT2D eigenvalue weighted by atomic mass is 16.5. The summed E-state index contributed by atoms with van der Waals surface area (Å²) in [4.78, 5) is 30.8. The fraction of sp³-hybridized carbons (Fsp3) is 0.167. The predicted octanol–water partition coefficient (Wildman–Crippen LogP) is 4.95. The van der Waals surface area contributed by atoms with Crippen molar-refractivity contribution in [3.05, 3.63) is 46.2 Å². The van der Waals surface area contributed by atoms with Crippen molar-refractivity contribution in [2.75, 3.05) is 6.61 Å². The Labute approximate surface area is 229 Å². The van der Waals surface area contributed by atoms with E-state index < -0.39 is 6.04 Å². The van der Waals surface area contributed by atoms with Gasteiger partial charge < -0.3 is 20.2 Å². The van der Waals surface area contributed by atoms with Gasteiger partial charge in [-0.1, -0.05) is 24.0 Å². The minimum atomic E-state index is -0.498. The summed E-state index contributed by atoms with van der Waals surface area (Å²) in [5.74, 6) is 36.6. The minimum absolute atomic E-state index is 0. The van der Waals surface area contributed by atoms with Gasteiger partial charge in [-0.3, -0.25) is 4.79 Å². The van der Waals surface area contributed by atoms with Gasteiger partial charge in [-0.05, 0) is 109 Å². The van der Waals surface area contributed by atoms with Gasteiger partial charge in [-0.2, -0.15) is 0 Å². The molecule has 2 rings (SSSR count). The molecule has 1 aromatic rings. The number of amides is 2. The maximum atomic E-state index is 12.1. The molecule has 0 bridgehead atoms. The minimum Gasteiger partial charge on any atom is -0.463 e. The summed E-state index contributed by atoms with van der Waals surface area (Å²) < 4.78 is 4.96. The van der Waals surface area contributed by atoms with Crippen LogP contribution in [0.2, 0.25) is 0 Å². The van der Waals surface area contributed by atoms with Crippen molar-refractivity contribution < 1.29 is 36.2 Å². The molecule has 0 saturated carbocycles. The van der Waals surface area contributed by atoms with Gasteiger partial charge in [0.25, 0.3) is 6.47 Å². The average molecular weight is 497 g/mol. The molecule has 1 heterocycles. The molecule has 1 aromatic carbocycles. The molecule has 0 radical (unpaired) electrons. The van der Waals surface area contributed by atoms with Gasteiger partial charge in [0.15, 0.2) is 0 Å². The van der Waals surface area contributed by atoms with Crippen LogP contribution in [0.25, 0.3) is 0 Å². The third kappa shape index (κ3) is 9.42. The lowest BCUT2D eigenvalue weighted by molar-refractivity contribution is -0.127. The Morgan fingerprint density at radius 3 is 2.06 bits per heavy atom. The van der Waals surface area contributed by atoms with E-state index in [1.54, 1.807) is 13.8 Å². The number of allylic oxidation sites excluding steroid dienone is 1. The number of aryl methyl sites for hydroxylation is 1. The Kier molecular flexibility index (Phi) is 13.3. The first-order valence-corrected chi connectivity index (χ1v) is 10.2. The van der Waals surface area contributed by atoms with E-state index in [1.165, 1.54) is 0 Å². The van der Waals surface area contributed by atoms with Crippen molar-refractivity contribution in [3.63, 3.8) is 0 Å². The smallest absolute Gasteiger partial charge is 0.319 e. The molecule has 0 fully saturated rings. The molecule has 1 aliphatic rings. The summed E-state index contributed by atoms with van der Waals surface area (Å²) in [5.41, 5.74) is 3.77. The lowest BCUT2D eigenvalue weighted by Gasteiger charge is -2.30. The van der Waals surface area contributed by atoms with Crippen molar-refractivity contribution >= 4 is 19.3 Å². The topological polar surface area (TPSA) is 84.5 Å². The van der Waals surface area contributed by atoms with E-state index in [0.717, 1.165) is 16.7 Å². The van der Waals surface area contributed by atoms with Crippen LogP contribution in [0.15, 0.2) is 29.5 Å². The molecule has 0 aromatic heterocycles. The lowest BCUT2D eigenvalue weighted by Crippen LogP contribution is -2.44. The molecule has 2 amide bonds. The molecular weight excluding hydrogens is 452 g/mol. The summed E-state index contributed by atoms with van der Waals surface area (Å²) in [5, 5.41) is 5.58. The van der Waals surface area contributed by atoms with E-state index in [-0.39, 0.29) is 29.8 Å². The molecule has 1 atom stereocenters. The van der Waals surface area contributed by atoms with Crippen LogP contribution in [-0.4, -0.2) is 25.9 Å². The lowest BCUT2D eigenvalue weighted by atomic mass is 9.89. The van der Waals surface area contributed by atoms with Gasteiger partial charge in [0.1, 0.15) is 13.4 Å². The molecule has 198 valence electrons.